The summed E-state index contributed by atoms with van der Waals surface area (Å²) in [6.07, 6.45) is 0. The summed E-state index contributed by atoms with van der Waals surface area (Å²) < 4.78 is 0. The topological polar surface area (TPSA) is 29.3 Å². The van der Waals surface area contributed by atoms with Crippen LogP contribution < -0.4 is 5.73 Å². The molecule has 2 rings (SSSR count). The molecule has 1 unspecified atom stereocenters. The lowest BCUT2D eigenvalue weighted by molar-refractivity contribution is 0.329. The normalized spacial score (nSPS) is 18.1. The molecule has 0 fully saturated rings. The zero-order chi connectivity index (χ0) is 10.7. The molecule has 0 bridgehead atoms. The fraction of sp³-hybridized carbons (Fsp3) is 0.333. The first kappa shape index (κ1) is 16.6. The molecule has 0 amide bonds. The summed E-state index contributed by atoms with van der Waals surface area (Å²) in [5, 5.41) is 2.60. The van der Waals surface area contributed by atoms with E-state index in [9.17, 15) is 0 Å². The molecule has 96 valence electrons. The predicted molar refractivity (Wildman–Crippen MR) is 80.7 cm³/mol. The largest absolute Gasteiger partial charge is 0.357 e. The maximum absolute atomic E-state index is 5.74. The van der Waals surface area contributed by atoms with Crippen molar-refractivity contribution in [3.63, 3.8) is 0 Å². The Labute approximate surface area is 119 Å². The Morgan fingerprint density at radius 2 is 1.88 bits per heavy atom. The van der Waals surface area contributed by atoms with Crippen LogP contribution in [0, 0.1) is 0 Å². The van der Waals surface area contributed by atoms with Gasteiger partial charge in [0.15, 0.2) is 0 Å². The van der Waals surface area contributed by atoms with Crippen LogP contribution >= 0.6 is 36.6 Å². The second-order valence-corrected chi connectivity index (χ2v) is 4.75. The van der Waals surface area contributed by atoms with Gasteiger partial charge in [-0.25, -0.2) is 0 Å². The van der Waals surface area contributed by atoms with Crippen molar-refractivity contribution in [2.24, 2.45) is 5.73 Å². The minimum absolute atomic E-state index is 0. The van der Waals surface area contributed by atoms with Crippen molar-refractivity contribution in [2.45, 2.75) is 18.8 Å². The van der Waals surface area contributed by atoms with Crippen LogP contribution in [0.1, 0.15) is 12.5 Å². The number of hydrogen-bond acceptors (Lipinski definition) is 3. The van der Waals surface area contributed by atoms with Gasteiger partial charge in [0, 0.05) is 18.8 Å². The molecule has 17 heavy (non-hydrogen) atoms. The molecular formula is C12H18Cl2N2S. The molecule has 0 saturated heterocycles. The van der Waals surface area contributed by atoms with E-state index in [1.54, 1.807) is 0 Å². The summed E-state index contributed by atoms with van der Waals surface area (Å²) >= 11 is 1.82. The molecule has 0 spiro atoms. The van der Waals surface area contributed by atoms with E-state index in [4.69, 9.17) is 5.73 Å². The van der Waals surface area contributed by atoms with Gasteiger partial charge in [0.05, 0.1) is 5.37 Å². The van der Waals surface area contributed by atoms with Crippen LogP contribution in [0.25, 0.3) is 0 Å². The second-order valence-electron chi connectivity index (χ2n) is 3.70. The van der Waals surface area contributed by atoms with Gasteiger partial charge in [0.25, 0.3) is 0 Å². The number of nitrogens with zero attached hydrogens (tertiary/aromatic N) is 1. The molecule has 5 heteroatoms. The summed E-state index contributed by atoms with van der Waals surface area (Å²) in [7, 11) is 0. The van der Waals surface area contributed by atoms with Crippen LogP contribution in [0.2, 0.25) is 0 Å². The van der Waals surface area contributed by atoms with Gasteiger partial charge in [0.2, 0.25) is 0 Å². The first-order valence-corrected chi connectivity index (χ1v) is 6.08. The summed E-state index contributed by atoms with van der Waals surface area (Å²) in [6, 6.07) is 10.5. The average Bonchev–Trinajstić information content (AvgIpc) is 2.62. The number of thioether (sulfide) groups is 1. The van der Waals surface area contributed by atoms with Crippen molar-refractivity contribution >= 4 is 36.6 Å². The Kier molecular flexibility index (Phi) is 7.71. The highest BCUT2D eigenvalue weighted by molar-refractivity contribution is 8.02. The molecule has 1 aromatic rings. The van der Waals surface area contributed by atoms with Gasteiger partial charge in [0.1, 0.15) is 0 Å². The molecule has 0 radical (unpaired) electrons. The number of allylic oxidation sites excluding steroid dienone is 1. The van der Waals surface area contributed by atoms with E-state index in [0.29, 0.717) is 11.9 Å². The van der Waals surface area contributed by atoms with E-state index in [2.05, 4.69) is 41.5 Å². The van der Waals surface area contributed by atoms with Crippen molar-refractivity contribution in [1.82, 2.24) is 4.90 Å². The fourth-order valence-corrected chi connectivity index (χ4v) is 2.72. The molecule has 0 aromatic heterocycles. The lowest BCUT2D eigenvalue weighted by Gasteiger charge is -2.26. The maximum Gasteiger partial charge on any atom is 0.0914 e. The third-order valence-electron chi connectivity index (χ3n) is 2.59. The summed E-state index contributed by atoms with van der Waals surface area (Å²) in [6.45, 7) is 3.80. The van der Waals surface area contributed by atoms with E-state index >= 15 is 0 Å². The van der Waals surface area contributed by atoms with Crippen molar-refractivity contribution in [3.05, 3.63) is 47.0 Å². The van der Waals surface area contributed by atoms with Crippen molar-refractivity contribution in [2.75, 3.05) is 6.54 Å². The van der Waals surface area contributed by atoms with Gasteiger partial charge in [-0.05, 0) is 17.9 Å². The fourth-order valence-electron chi connectivity index (χ4n) is 1.73. The smallest absolute Gasteiger partial charge is 0.0914 e. The Balaban J connectivity index is 0.00000128. The summed E-state index contributed by atoms with van der Waals surface area (Å²) in [4.78, 5) is 2.36. The molecule has 1 aromatic carbocycles. The maximum atomic E-state index is 5.74. The van der Waals surface area contributed by atoms with Crippen LogP contribution in [0.15, 0.2) is 41.4 Å². The van der Waals surface area contributed by atoms with Gasteiger partial charge in [-0.1, -0.05) is 30.3 Å². The van der Waals surface area contributed by atoms with Crippen molar-refractivity contribution in [1.29, 1.82) is 0 Å². The highest BCUT2D eigenvalue weighted by Crippen LogP contribution is 2.31. The third-order valence-corrected chi connectivity index (χ3v) is 3.83. The van der Waals surface area contributed by atoms with E-state index < -0.39 is 0 Å². The van der Waals surface area contributed by atoms with Crippen LogP contribution in [0.3, 0.4) is 0 Å². The number of hydrogen-bond donors (Lipinski definition) is 1. The monoisotopic (exact) mass is 292 g/mol. The molecule has 1 aliphatic heterocycles. The molecule has 2 nitrogen and oxygen atoms in total. The van der Waals surface area contributed by atoms with Crippen LogP contribution in [-0.4, -0.2) is 16.8 Å². The standard InChI is InChI=1S/C12H16N2S.2ClH/c1-10-9-15-12(7-13)14(10)8-11-5-3-2-4-6-11;;/h2-6,9,12H,7-8,13H2,1H3;2*1H. The Morgan fingerprint density at radius 3 is 2.47 bits per heavy atom. The highest BCUT2D eigenvalue weighted by atomic mass is 35.5. The molecule has 0 aliphatic carbocycles. The van der Waals surface area contributed by atoms with Gasteiger partial charge < -0.3 is 10.6 Å². The number of rotatable bonds is 3. The van der Waals surface area contributed by atoms with Crippen LogP contribution in [-0.2, 0) is 6.54 Å². The zero-order valence-electron chi connectivity index (χ0n) is 9.70. The van der Waals surface area contributed by atoms with E-state index in [1.807, 2.05) is 17.8 Å². The van der Waals surface area contributed by atoms with Gasteiger partial charge in [-0.3, -0.25) is 0 Å². The van der Waals surface area contributed by atoms with Crippen molar-refractivity contribution < 1.29 is 0 Å². The minimum atomic E-state index is 0. The minimum Gasteiger partial charge on any atom is -0.357 e. The molecule has 2 N–H and O–H groups in total. The number of nitrogens with two attached hydrogens (primary N) is 1. The van der Waals surface area contributed by atoms with Gasteiger partial charge in [-0.2, -0.15) is 0 Å². The van der Waals surface area contributed by atoms with Gasteiger partial charge >= 0.3 is 0 Å². The lowest BCUT2D eigenvalue weighted by atomic mass is 10.2. The number of halogens is 2. The molecule has 0 saturated carbocycles. The zero-order valence-corrected chi connectivity index (χ0v) is 12.2. The second kappa shape index (κ2) is 7.88. The number of benzene rings is 1. The SMILES string of the molecule is CC1=CSC(CN)N1Cc1ccccc1.Cl.Cl. The summed E-state index contributed by atoms with van der Waals surface area (Å²) in [5.74, 6) is 0. The van der Waals surface area contributed by atoms with Crippen molar-refractivity contribution in [3.8, 4) is 0 Å². The predicted octanol–water partition coefficient (Wildman–Crippen LogP) is 3.23. The molecule has 1 atom stereocenters. The van der Waals surface area contributed by atoms with E-state index in [-0.39, 0.29) is 24.8 Å². The molecule has 1 aliphatic rings. The quantitative estimate of drug-likeness (QED) is 0.928. The first-order valence-electron chi connectivity index (χ1n) is 5.14. The highest BCUT2D eigenvalue weighted by Gasteiger charge is 2.22. The molecular weight excluding hydrogens is 275 g/mol. The van der Waals surface area contributed by atoms with E-state index in [1.165, 1.54) is 11.3 Å². The van der Waals surface area contributed by atoms with Gasteiger partial charge in [-0.15, -0.1) is 36.6 Å². The Hall–Kier alpha value is -0.350. The summed E-state index contributed by atoms with van der Waals surface area (Å²) in [5.41, 5.74) is 8.40. The van der Waals surface area contributed by atoms with Crippen LogP contribution in [0.4, 0.5) is 0 Å². The average molecular weight is 293 g/mol. The third kappa shape index (κ3) is 4.11. The first-order chi connectivity index (χ1) is 7.31. The van der Waals surface area contributed by atoms with E-state index in [0.717, 1.165) is 6.54 Å². The Morgan fingerprint density at radius 1 is 1.24 bits per heavy atom. The molecule has 1 heterocycles. The lowest BCUT2D eigenvalue weighted by Crippen LogP contribution is -2.33. The Bertz CT molecular complexity index is 357. The van der Waals surface area contributed by atoms with Crippen LogP contribution in [0.5, 0.6) is 0 Å².